The zero-order valence-corrected chi connectivity index (χ0v) is 14.4. The molecule has 3 rings (SSSR count). The fourth-order valence-corrected chi connectivity index (χ4v) is 2.86. The minimum Gasteiger partial charge on any atom is -0.319 e. The summed E-state index contributed by atoms with van der Waals surface area (Å²) in [5, 5.41) is 13.6. The van der Waals surface area contributed by atoms with Crippen LogP contribution in [0.1, 0.15) is 28.7 Å². The van der Waals surface area contributed by atoms with Crippen LogP contribution in [0.2, 0.25) is 5.02 Å². The minimum atomic E-state index is -0.542. The van der Waals surface area contributed by atoms with Crippen molar-refractivity contribution in [3.63, 3.8) is 0 Å². The first-order valence-corrected chi connectivity index (χ1v) is 8.02. The number of hydrogen-bond acceptors (Lipinski definition) is 4. The van der Waals surface area contributed by atoms with Gasteiger partial charge in [0.05, 0.1) is 21.3 Å². The highest BCUT2D eigenvalue weighted by molar-refractivity contribution is 6.34. The Labute approximate surface area is 148 Å². The van der Waals surface area contributed by atoms with E-state index in [-0.39, 0.29) is 16.6 Å². The monoisotopic (exact) mass is 358 g/mol. The van der Waals surface area contributed by atoms with Crippen LogP contribution in [0.15, 0.2) is 36.5 Å². The van der Waals surface area contributed by atoms with Gasteiger partial charge >= 0.3 is 0 Å². The molecule has 3 aromatic rings. The highest BCUT2D eigenvalue weighted by atomic mass is 35.5. The number of carbonyl (C=O) groups excluding carboxylic acids is 1. The predicted molar refractivity (Wildman–Crippen MR) is 95.4 cm³/mol. The number of aromatic nitrogens is 2. The summed E-state index contributed by atoms with van der Waals surface area (Å²) >= 11 is 6.05. The molecule has 0 aliphatic carbocycles. The molecule has 1 N–H and O–H groups in total. The molecule has 0 unspecified atom stereocenters. The van der Waals surface area contributed by atoms with Crippen molar-refractivity contribution < 1.29 is 9.72 Å². The number of fused-ring (bicyclic) bond motifs is 1. The molecular weight excluding hydrogens is 344 g/mol. The van der Waals surface area contributed by atoms with Crippen molar-refractivity contribution in [2.24, 2.45) is 0 Å². The lowest BCUT2D eigenvalue weighted by atomic mass is 10.2. The lowest BCUT2D eigenvalue weighted by Crippen LogP contribution is -2.16. The number of nitrogens with one attached hydrogen (secondary N) is 1. The largest absolute Gasteiger partial charge is 0.319 e. The maximum Gasteiger partial charge on any atom is 0.274 e. The van der Waals surface area contributed by atoms with Crippen LogP contribution in [0.4, 0.5) is 11.4 Å². The van der Waals surface area contributed by atoms with E-state index in [2.05, 4.69) is 10.3 Å². The van der Waals surface area contributed by atoms with Gasteiger partial charge in [-0.2, -0.15) is 0 Å². The third-order valence-corrected chi connectivity index (χ3v) is 4.19. The Hall–Kier alpha value is -2.93. The highest BCUT2D eigenvalue weighted by Gasteiger charge is 2.20. The van der Waals surface area contributed by atoms with E-state index < -0.39 is 4.92 Å². The van der Waals surface area contributed by atoms with Crippen LogP contribution < -0.4 is 5.32 Å². The molecule has 1 amide bonds. The third-order valence-electron chi connectivity index (χ3n) is 3.88. The molecule has 0 aliphatic heterocycles. The van der Waals surface area contributed by atoms with E-state index in [9.17, 15) is 14.9 Å². The summed E-state index contributed by atoms with van der Waals surface area (Å²) in [6.07, 6.45) is 2.37. The average molecular weight is 359 g/mol. The van der Waals surface area contributed by atoms with E-state index >= 15 is 0 Å². The van der Waals surface area contributed by atoms with Gasteiger partial charge in [-0.05, 0) is 31.0 Å². The summed E-state index contributed by atoms with van der Waals surface area (Å²) in [6.45, 7) is 3.85. The fraction of sp³-hybridized carbons (Fsp3) is 0.176. The Morgan fingerprint density at radius 2 is 2.16 bits per heavy atom. The Morgan fingerprint density at radius 1 is 1.40 bits per heavy atom. The number of anilines is 1. The molecule has 0 radical (unpaired) electrons. The zero-order valence-electron chi connectivity index (χ0n) is 13.6. The Bertz CT molecular complexity index is 997. The Kier molecular flexibility index (Phi) is 4.41. The van der Waals surface area contributed by atoms with Crippen molar-refractivity contribution in [1.29, 1.82) is 0 Å². The van der Waals surface area contributed by atoms with Crippen LogP contribution in [0.25, 0.3) is 5.65 Å². The molecule has 7 nitrogen and oxygen atoms in total. The number of halogens is 1. The molecule has 8 heteroatoms. The standard InChI is InChI=1S/C17H15ClN4O3/c1-3-13-15(21-8-4-5-10(2)16(21)19-13)17(23)20-14-7-6-11(22(24)25)9-12(14)18/h4-9H,3H2,1-2H3,(H,20,23). The summed E-state index contributed by atoms with van der Waals surface area (Å²) in [4.78, 5) is 27.6. The van der Waals surface area contributed by atoms with Crippen molar-refractivity contribution in [3.8, 4) is 0 Å². The molecule has 0 bridgehead atoms. The van der Waals surface area contributed by atoms with E-state index in [0.29, 0.717) is 23.5 Å². The summed E-state index contributed by atoms with van der Waals surface area (Å²) in [5.74, 6) is -0.370. The highest BCUT2D eigenvalue weighted by Crippen LogP contribution is 2.27. The number of nitrogens with zero attached hydrogens (tertiary/aromatic N) is 3. The van der Waals surface area contributed by atoms with Crippen LogP contribution in [0.5, 0.6) is 0 Å². The second kappa shape index (κ2) is 6.52. The first-order chi connectivity index (χ1) is 11.9. The summed E-state index contributed by atoms with van der Waals surface area (Å²) in [6, 6.07) is 7.69. The molecule has 0 spiro atoms. The molecule has 2 heterocycles. The Morgan fingerprint density at radius 3 is 2.80 bits per heavy atom. The zero-order chi connectivity index (χ0) is 18.1. The van der Waals surface area contributed by atoms with Gasteiger partial charge < -0.3 is 5.32 Å². The topological polar surface area (TPSA) is 89.5 Å². The first kappa shape index (κ1) is 16.9. The summed E-state index contributed by atoms with van der Waals surface area (Å²) in [5.41, 5.74) is 2.95. The number of non-ortho nitro benzene ring substituents is 1. The molecule has 2 aromatic heterocycles. The van der Waals surface area contributed by atoms with Gasteiger partial charge in [0.2, 0.25) is 0 Å². The molecule has 128 valence electrons. The van der Waals surface area contributed by atoms with Gasteiger partial charge in [0.15, 0.2) is 0 Å². The lowest BCUT2D eigenvalue weighted by Gasteiger charge is -2.08. The second-order valence-corrected chi connectivity index (χ2v) is 5.93. The smallest absolute Gasteiger partial charge is 0.274 e. The number of pyridine rings is 1. The van der Waals surface area contributed by atoms with E-state index in [1.807, 2.05) is 26.0 Å². The SMILES string of the molecule is CCc1nc2c(C)cccn2c1C(=O)Nc1ccc([N+](=O)[O-])cc1Cl. The van der Waals surface area contributed by atoms with Gasteiger partial charge in [0.25, 0.3) is 11.6 Å². The van der Waals surface area contributed by atoms with E-state index in [1.165, 1.54) is 18.2 Å². The van der Waals surface area contributed by atoms with Crippen molar-refractivity contribution in [1.82, 2.24) is 9.38 Å². The van der Waals surface area contributed by atoms with Crippen LogP contribution in [-0.4, -0.2) is 20.2 Å². The van der Waals surface area contributed by atoms with Gasteiger partial charge in [-0.1, -0.05) is 24.6 Å². The van der Waals surface area contributed by atoms with E-state index in [0.717, 1.165) is 11.2 Å². The van der Waals surface area contributed by atoms with Crippen molar-refractivity contribution in [3.05, 3.63) is 68.6 Å². The van der Waals surface area contributed by atoms with Crippen LogP contribution in [-0.2, 0) is 6.42 Å². The van der Waals surface area contributed by atoms with Gasteiger partial charge in [0.1, 0.15) is 11.3 Å². The van der Waals surface area contributed by atoms with Crippen molar-refractivity contribution in [2.45, 2.75) is 20.3 Å². The predicted octanol–water partition coefficient (Wildman–Crippen LogP) is 4.02. The molecule has 25 heavy (non-hydrogen) atoms. The number of rotatable bonds is 4. The molecule has 0 saturated heterocycles. The maximum atomic E-state index is 12.8. The average Bonchev–Trinajstić information content (AvgIpc) is 2.96. The van der Waals surface area contributed by atoms with E-state index in [4.69, 9.17) is 11.6 Å². The number of benzene rings is 1. The Balaban J connectivity index is 2.01. The molecular formula is C17H15ClN4O3. The van der Waals surface area contributed by atoms with E-state index in [1.54, 1.807) is 10.6 Å². The van der Waals surface area contributed by atoms with Crippen LogP contribution in [0.3, 0.4) is 0 Å². The minimum absolute atomic E-state index is 0.102. The molecule has 0 aliphatic rings. The third kappa shape index (κ3) is 3.06. The molecule has 1 aromatic carbocycles. The maximum absolute atomic E-state index is 12.8. The summed E-state index contributed by atoms with van der Waals surface area (Å²) in [7, 11) is 0. The van der Waals surface area contributed by atoms with Gasteiger partial charge in [-0.15, -0.1) is 0 Å². The number of aryl methyl sites for hydroxylation is 2. The quantitative estimate of drug-likeness (QED) is 0.563. The van der Waals surface area contributed by atoms with Crippen molar-refractivity contribution >= 4 is 34.5 Å². The lowest BCUT2D eigenvalue weighted by molar-refractivity contribution is -0.384. The van der Waals surface area contributed by atoms with Crippen LogP contribution >= 0.6 is 11.6 Å². The number of amides is 1. The molecule has 0 saturated carbocycles. The normalized spacial score (nSPS) is 10.8. The number of carbonyl (C=O) groups is 1. The molecule has 0 atom stereocenters. The van der Waals surface area contributed by atoms with Gasteiger partial charge in [0, 0.05) is 18.3 Å². The number of nitro benzene ring substituents is 1. The summed E-state index contributed by atoms with van der Waals surface area (Å²) < 4.78 is 1.74. The van der Waals surface area contributed by atoms with Gasteiger partial charge in [-0.25, -0.2) is 4.98 Å². The van der Waals surface area contributed by atoms with Gasteiger partial charge in [-0.3, -0.25) is 19.3 Å². The fourth-order valence-electron chi connectivity index (χ4n) is 2.64. The number of hydrogen-bond donors (Lipinski definition) is 1. The van der Waals surface area contributed by atoms with Crippen molar-refractivity contribution in [2.75, 3.05) is 5.32 Å². The first-order valence-electron chi connectivity index (χ1n) is 7.64. The number of imidazole rings is 1. The number of nitro groups is 1. The van der Waals surface area contributed by atoms with Crippen LogP contribution in [0, 0.1) is 17.0 Å². The second-order valence-electron chi connectivity index (χ2n) is 5.52. The molecule has 0 fully saturated rings.